The molecule has 3 aromatic rings. The molecule has 8 nitrogen and oxygen atoms in total. The number of rotatable bonds is 4. The minimum absolute atomic E-state index is 0.176. The highest BCUT2D eigenvalue weighted by Crippen LogP contribution is 2.35. The van der Waals surface area contributed by atoms with Crippen LogP contribution in [0.2, 0.25) is 0 Å². The van der Waals surface area contributed by atoms with E-state index in [4.69, 9.17) is 0 Å². The molecule has 2 N–H and O–H groups in total. The molecule has 8 heteroatoms. The molecule has 1 aliphatic heterocycles. The third kappa shape index (κ3) is 2.99. The van der Waals surface area contributed by atoms with Crippen LogP contribution < -0.4 is 10.6 Å². The average Bonchev–Trinajstić information content (AvgIpc) is 3.31. The molecule has 1 amide bonds. The van der Waals surface area contributed by atoms with Crippen LogP contribution in [0.4, 0.5) is 11.6 Å². The molecule has 4 rings (SSSR count). The van der Waals surface area contributed by atoms with Crippen LogP contribution in [-0.2, 0) is 11.3 Å². The number of carbonyl (C=O) groups is 1. The van der Waals surface area contributed by atoms with Gasteiger partial charge < -0.3 is 10.6 Å². The highest BCUT2D eigenvalue weighted by atomic mass is 16.1. The van der Waals surface area contributed by atoms with E-state index in [-0.39, 0.29) is 5.91 Å². The number of allylic oxidation sites excluding steroid dienone is 1. The Bertz CT molecular complexity index is 1030. The minimum Gasteiger partial charge on any atom is -0.328 e. The van der Waals surface area contributed by atoms with Gasteiger partial charge in [-0.1, -0.05) is 18.2 Å². The monoisotopic (exact) mass is 363 g/mol. The lowest BCUT2D eigenvalue weighted by molar-refractivity contribution is -0.113. The van der Waals surface area contributed by atoms with E-state index in [9.17, 15) is 4.79 Å². The van der Waals surface area contributed by atoms with E-state index < -0.39 is 6.04 Å². The van der Waals surface area contributed by atoms with Crippen LogP contribution in [0.3, 0.4) is 0 Å². The van der Waals surface area contributed by atoms with Crippen molar-refractivity contribution in [3.8, 4) is 0 Å². The molecule has 2 aromatic heterocycles. The second kappa shape index (κ2) is 6.71. The molecule has 138 valence electrons. The predicted octanol–water partition coefficient (Wildman–Crippen LogP) is 2.73. The van der Waals surface area contributed by atoms with E-state index in [1.807, 2.05) is 55.9 Å². The van der Waals surface area contributed by atoms with Crippen LogP contribution in [0.1, 0.15) is 31.0 Å². The number of hydrogen-bond donors (Lipinski definition) is 2. The van der Waals surface area contributed by atoms with Crippen LogP contribution >= 0.6 is 0 Å². The Labute approximate surface area is 156 Å². The van der Waals surface area contributed by atoms with Gasteiger partial charge in [0.2, 0.25) is 5.95 Å². The number of nitrogens with one attached hydrogen (secondary N) is 2. The Morgan fingerprint density at radius 2 is 2.07 bits per heavy atom. The average molecular weight is 363 g/mol. The van der Waals surface area contributed by atoms with Crippen LogP contribution in [0, 0.1) is 6.92 Å². The van der Waals surface area contributed by atoms with Gasteiger partial charge in [0, 0.05) is 29.7 Å². The minimum atomic E-state index is -0.395. The molecule has 3 heterocycles. The van der Waals surface area contributed by atoms with Crippen LogP contribution in [0.5, 0.6) is 0 Å². The smallest absolute Gasteiger partial charge is 0.255 e. The molecule has 0 aliphatic carbocycles. The van der Waals surface area contributed by atoms with E-state index in [2.05, 4.69) is 25.8 Å². The number of hydrogen-bond acceptors (Lipinski definition) is 5. The zero-order valence-electron chi connectivity index (χ0n) is 15.5. The van der Waals surface area contributed by atoms with E-state index in [1.165, 1.54) is 6.33 Å². The quantitative estimate of drug-likeness (QED) is 0.744. The molecule has 1 aliphatic rings. The van der Waals surface area contributed by atoms with E-state index in [0.29, 0.717) is 11.5 Å². The van der Waals surface area contributed by atoms with Crippen molar-refractivity contribution in [2.75, 3.05) is 10.6 Å². The molecular formula is C19H21N7O. The Hall–Kier alpha value is -3.42. The second-order valence-electron chi connectivity index (χ2n) is 6.49. The van der Waals surface area contributed by atoms with Crippen molar-refractivity contribution in [2.45, 2.75) is 33.4 Å². The van der Waals surface area contributed by atoms with Crippen molar-refractivity contribution in [1.29, 1.82) is 0 Å². The maximum Gasteiger partial charge on any atom is 0.255 e. The first-order valence-electron chi connectivity index (χ1n) is 8.85. The largest absolute Gasteiger partial charge is 0.328 e. The van der Waals surface area contributed by atoms with Crippen molar-refractivity contribution in [1.82, 2.24) is 24.5 Å². The van der Waals surface area contributed by atoms with Gasteiger partial charge in [-0.05, 0) is 32.4 Å². The number of amides is 1. The molecule has 0 radical (unpaired) electrons. The number of anilines is 2. The van der Waals surface area contributed by atoms with Crippen molar-refractivity contribution in [3.05, 3.63) is 65.4 Å². The molecule has 0 unspecified atom stereocenters. The summed E-state index contributed by atoms with van der Waals surface area (Å²) >= 11 is 0. The van der Waals surface area contributed by atoms with Gasteiger partial charge in [-0.25, -0.2) is 4.68 Å². The molecule has 1 atom stereocenters. The van der Waals surface area contributed by atoms with Gasteiger partial charge in [-0.15, -0.1) is 0 Å². The number of para-hydroxylation sites is 1. The number of aryl methyl sites for hydroxylation is 2. The summed E-state index contributed by atoms with van der Waals surface area (Å²) in [4.78, 5) is 17.5. The lowest BCUT2D eigenvalue weighted by Crippen LogP contribution is -2.31. The maximum absolute atomic E-state index is 13.2. The zero-order valence-corrected chi connectivity index (χ0v) is 15.5. The number of carbonyl (C=O) groups excluding carboxylic acids is 1. The number of aromatic nitrogens is 5. The third-order valence-corrected chi connectivity index (χ3v) is 4.73. The Kier molecular flexibility index (Phi) is 4.23. The van der Waals surface area contributed by atoms with Crippen molar-refractivity contribution < 1.29 is 4.79 Å². The highest BCUT2D eigenvalue weighted by Gasteiger charge is 2.34. The molecule has 0 spiro atoms. The van der Waals surface area contributed by atoms with Crippen LogP contribution in [0.15, 0.2) is 54.3 Å². The normalized spacial score (nSPS) is 16.0. The van der Waals surface area contributed by atoms with E-state index in [0.717, 1.165) is 29.1 Å². The third-order valence-electron chi connectivity index (χ3n) is 4.73. The molecular weight excluding hydrogens is 342 g/mol. The topological polar surface area (TPSA) is 89.7 Å². The molecule has 0 bridgehead atoms. The van der Waals surface area contributed by atoms with Crippen molar-refractivity contribution >= 4 is 17.5 Å². The summed E-state index contributed by atoms with van der Waals surface area (Å²) in [7, 11) is 0. The summed E-state index contributed by atoms with van der Waals surface area (Å²) in [6.45, 7) is 6.62. The predicted molar refractivity (Wildman–Crippen MR) is 102 cm³/mol. The summed E-state index contributed by atoms with van der Waals surface area (Å²) in [6.07, 6.45) is 5.20. The fourth-order valence-electron chi connectivity index (χ4n) is 3.29. The SMILES string of the molecule is CCn1cc([C@@H]2C(C(=O)Nc3ccccc3C)=C(C)Nc3ncnn32)cn1. The van der Waals surface area contributed by atoms with Gasteiger partial charge in [-0.3, -0.25) is 9.48 Å². The summed E-state index contributed by atoms with van der Waals surface area (Å²) in [5, 5.41) is 14.9. The summed E-state index contributed by atoms with van der Waals surface area (Å²) in [5.41, 5.74) is 4.02. The van der Waals surface area contributed by atoms with Gasteiger partial charge in [0.1, 0.15) is 12.4 Å². The first-order valence-corrected chi connectivity index (χ1v) is 8.85. The summed E-state index contributed by atoms with van der Waals surface area (Å²) in [5.74, 6) is 0.430. The molecule has 27 heavy (non-hydrogen) atoms. The Balaban J connectivity index is 1.76. The fraction of sp³-hybridized carbons (Fsp3) is 0.263. The van der Waals surface area contributed by atoms with Crippen LogP contribution in [0.25, 0.3) is 0 Å². The van der Waals surface area contributed by atoms with E-state index in [1.54, 1.807) is 10.9 Å². The van der Waals surface area contributed by atoms with Crippen molar-refractivity contribution in [2.24, 2.45) is 0 Å². The lowest BCUT2D eigenvalue weighted by Gasteiger charge is -2.28. The van der Waals surface area contributed by atoms with Gasteiger partial charge in [0.25, 0.3) is 5.91 Å². The van der Waals surface area contributed by atoms with Gasteiger partial charge in [-0.2, -0.15) is 15.2 Å². The van der Waals surface area contributed by atoms with Gasteiger partial charge in [0.05, 0.1) is 11.8 Å². The number of nitrogens with zero attached hydrogens (tertiary/aromatic N) is 5. The number of fused-ring (bicyclic) bond motifs is 1. The van der Waals surface area contributed by atoms with Gasteiger partial charge in [0.15, 0.2) is 0 Å². The van der Waals surface area contributed by atoms with E-state index >= 15 is 0 Å². The standard InChI is InChI=1S/C19H21N7O/c1-4-25-10-14(9-21-25)17-16(13(3)23-19-20-11-22-26(17)19)18(27)24-15-8-6-5-7-12(15)2/h5-11,17H,4H2,1-3H3,(H,24,27)(H,20,22,23)/t17-/m1/s1. The molecule has 0 saturated carbocycles. The zero-order chi connectivity index (χ0) is 19.0. The summed E-state index contributed by atoms with van der Waals surface area (Å²) < 4.78 is 3.55. The second-order valence-corrected chi connectivity index (χ2v) is 6.49. The molecule has 1 aromatic carbocycles. The Morgan fingerprint density at radius 3 is 2.81 bits per heavy atom. The summed E-state index contributed by atoms with van der Waals surface area (Å²) in [6, 6.07) is 7.31. The Morgan fingerprint density at radius 1 is 1.26 bits per heavy atom. The molecule has 0 fully saturated rings. The highest BCUT2D eigenvalue weighted by molar-refractivity contribution is 6.06. The lowest BCUT2D eigenvalue weighted by atomic mass is 9.97. The van der Waals surface area contributed by atoms with Crippen LogP contribution in [-0.4, -0.2) is 30.5 Å². The maximum atomic E-state index is 13.2. The fourth-order valence-corrected chi connectivity index (χ4v) is 3.29. The first kappa shape index (κ1) is 17.0. The number of benzene rings is 1. The van der Waals surface area contributed by atoms with Gasteiger partial charge >= 0.3 is 0 Å². The first-order chi connectivity index (χ1) is 13.1. The molecule has 0 saturated heterocycles. The van der Waals surface area contributed by atoms with Crippen molar-refractivity contribution in [3.63, 3.8) is 0 Å².